The lowest BCUT2D eigenvalue weighted by Gasteiger charge is -2.26. The van der Waals surface area contributed by atoms with Crippen LogP contribution in [0.2, 0.25) is 0 Å². The number of carbonyl (C=O) groups is 1. The zero-order chi connectivity index (χ0) is 23.4. The summed E-state index contributed by atoms with van der Waals surface area (Å²) in [5.41, 5.74) is 2.75. The van der Waals surface area contributed by atoms with Crippen LogP contribution in [0.4, 0.5) is 11.4 Å². The summed E-state index contributed by atoms with van der Waals surface area (Å²) in [4.78, 5) is 23.5. The van der Waals surface area contributed by atoms with Crippen molar-refractivity contribution in [3.63, 3.8) is 0 Å². The molecule has 1 N–H and O–H groups in total. The van der Waals surface area contributed by atoms with E-state index in [0.717, 1.165) is 35.5 Å². The second kappa shape index (κ2) is 9.98. The van der Waals surface area contributed by atoms with E-state index in [1.54, 1.807) is 30.6 Å². The van der Waals surface area contributed by atoms with Crippen LogP contribution in [-0.4, -0.2) is 55.8 Å². The first-order valence-electron chi connectivity index (χ1n) is 10.8. The van der Waals surface area contributed by atoms with Crippen molar-refractivity contribution >= 4 is 38.6 Å². The molecular formula is C23H27N5O3S2. The van der Waals surface area contributed by atoms with Gasteiger partial charge in [-0.1, -0.05) is 6.42 Å². The average Bonchev–Trinajstić information content (AvgIpc) is 3.28. The smallest absolute Gasteiger partial charge is 0.243 e. The molecular weight excluding hydrogens is 458 g/mol. The molecule has 1 aromatic carbocycles. The minimum Gasteiger partial charge on any atom is -0.376 e. The quantitative estimate of drug-likeness (QED) is 0.549. The van der Waals surface area contributed by atoms with Gasteiger partial charge >= 0.3 is 0 Å². The van der Waals surface area contributed by atoms with Crippen LogP contribution in [0.1, 0.15) is 25.0 Å². The van der Waals surface area contributed by atoms with E-state index >= 15 is 0 Å². The standard InChI is InChI=1S/C23H27N5O3S2/c1-27(2)21-9-8-19(33(30,31)28-11-4-3-5-12-28)14-20(21)26-22(29)13-18-16-32-23(25-18)17-7-6-10-24-15-17/h6-10,14-16H,3-5,11-13H2,1-2H3,(H,26,29). The maximum absolute atomic E-state index is 13.1. The minimum absolute atomic E-state index is 0.0900. The molecule has 4 rings (SSSR count). The van der Waals surface area contributed by atoms with E-state index in [4.69, 9.17) is 0 Å². The first-order chi connectivity index (χ1) is 15.8. The van der Waals surface area contributed by atoms with Gasteiger partial charge in [-0.2, -0.15) is 4.31 Å². The number of pyridine rings is 1. The maximum atomic E-state index is 13.1. The first-order valence-corrected chi connectivity index (χ1v) is 13.1. The molecule has 0 unspecified atom stereocenters. The highest BCUT2D eigenvalue weighted by molar-refractivity contribution is 7.89. The number of sulfonamides is 1. The van der Waals surface area contributed by atoms with E-state index in [0.29, 0.717) is 24.5 Å². The Morgan fingerprint density at radius 2 is 1.97 bits per heavy atom. The Kier molecular flexibility index (Phi) is 7.06. The number of carbonyl (C=O) groups excluding carboxylic acids is 1. The van der Waals surface area contributed by atoms with Gasteiger partial charge in [-0.25, -0.2) is 13.4 Å². The summed E-state index contributed by atoms with van der Waals surface area (Å²) in [6.07, 6.45) is 6.31. The normalized spacial score (nSPS) is 14.7. The van der Waals surface area contributed by atoms with Crippen molar-refractivity contribution in [2.75, 3.05) is 37.4 Å². The molecule has 174 valence electrons. The van der Waals surface area contributed by atoms with E-state index in [1.165, 1.54) is 15.6 Å². The molecule has 1 fully saturated rings. The number of benzene rings is 1. The van der Waals surface area contributed by atoms with Gasteiger partial charge in [0.2, 0.25) is 15.9 Å². The van der Waals surface area contributed by atoms with E-state index < -0.39 is 10.0 Å². The van der Waals surface area contributed by atoms with Gasteiger partial charge in [0, 0.05) is 50.5 Å². The number of hydrogen-bond donors (Lipinski definition) is 1. The fourth-order valence-corrected chi connectivity index (χ4v) is 6.14. The maximum Gasteiger partial charge on any atom is 0.243 e. The fraction of sp³-hybridized carbons (Fsp3) is 0.348. The van der Waals surface area contributed by atoms with Crippen LogP contribution in [0.25, 0.3) is 10.6 Å². The number of nitrogens with one attached hydrogen (secondary N) is 1. The monoisotopic (exact) mass is 485 g/mol. The lowest BCUT2D eigenvalue weighted by molar-refractivity contribution is -0.115. The van der Waals surface area contributed by atoms with Crippen molar-refractivity contribution in [3.8, 4) is 10.6 Å². The Morgan fingerprint density at radius 3 is 2.67 bits per heavy atom. The number of aromatic nitrogens is 2. The molecule has 0 atom stereocenters. The van der Waals surface area contributed by atoms with Crippen LogP contribution in [0.5, 0.6) is 0 Å². The number of rotatable bonds is 7. The first kappa shape index (κ1) is 23.3. The van der Waals surface area contributed by atoms with Gasteiger partial charge in [0.25, 0.3) is 0 Å². The summed E-state index contributed by atoms with van der Waals surface area (Å²) < 4.78 is 27.8. The SMILES string of the molecule is CN(C)c1ccc(S(=O)(=O)N2CCCCC2)cc1NC(=O)Cc1csc(-c2cccnc2)n1. The molecule has 1 saturated heterocycles. The largest absolute Gasteiger partial charge is 0.376 e. The van der Waals surface area contributed by atoms with Gasteiger partial charge in [0.1, 0.15) is 5.01 Å². The molecule has 10 heteroatoms. The molecule has 0 radical (unpaired) electrons. The number of amides is 1. The zero-order valence-corrected chi connectivity index (χ0v) is 20.3. The zero-order valence-electron chi connectivity index (χ0n) is 18.7. The van der Waals surface area contributed by atoms with E-state index in [9.17, 15) is 13.2 Å². The summed E-state index contributed by atoms with van der Waals surface area (Å²) >= 11 is 1.46. The molecule has 8 nitrogen and oxygen atoms in total. The Balaban J connectivity index is 1.53. The molecule has 0 bridgehead atoms. The molecule has 33 heavy (non-hydrogen) atoms. The van der Waals surface area contributed by atoms with E-state index in [1.807, 2.05) is 36.5 Å². The van der Waals surface area contributed by atoms with Crippen LogP contribution in [0.3, 0.4) is 0 Å². The van der Waals surface area contributed by atoms with Crippen molar-refractivity contribution in [1.29, 1.82) is 0 Å². The summed E-state index contributed by atoms with van der Waals surface area (Å²) in [6.45, 7) is 1.06. The molecule has 0 aliphatic carbocycles. The number of thiazole rings is 1. The average molecular weight is 486 g/mol. The van der Waals surface area contributed by atoms with E-state index in [2.05, 4.69) is 15.3 Å². The van der Waals surface area contributed by atoms with Crippen molar-refractivity contribution in [1.82, 2.24) is 14.3 Å². The fourth-order valence-electron chi connectivity index (χ4n) is 3.79. The predicted octanol–water partition coefficient (Wildman–Crippen LogP) is 3.63. The highest BCUT2D eigenvalue weighted by Gasteiger charge is 2.27. The van der Waals surface area contributed by atoms with Crippen molar-refractivity contribution in [2.24, 2.45) is 0 Å². The molecule has 0 spiro atoms. The summed E-state index contributed by atoms with van der Waals surface area (Å²) in [5.74, 6) is -0.256. The van der Waals surface area contributed by atoms with Crippen LogP contribution >= 0.6 is 11.3 Å². The Hall–Kier alpha value is -2.82. The number of nitrogens with zero attached hydrogens (tertiary/aromatic N) is 4. The highest BCUT2D eigenvalue weighted by Crippen LogP contribution is 2.30. The van der Waals surface area contributed by atoms with Crippen molar-refractivity contribution in [2.45, 2.75) is 30.6 Å². The molecule has 1 amide bonds. The number of hydrogen-bond acceptors (Lipinski definition) is 7. The third-order valence-corrected chi connectivity index (χ3v) is 8.31. The lowest BCUT2D eigenvalue weighted by atomic mass is 10.2. The highest BCUT2D eigenvalue weighted by atomic mass is 32.2. The van der Waals surface area contributed by atoms with Gasteiger partial charge in [0.05, 0.1) is 28.4 Å². The summed E-state index contributed by atoms with van der Waals surface area (Å²) in [7, 11) is 0.101. The number of piperidine rings is 1. The van der Waals surface area contributed by atoms with Crippen LogP contribution in [0.15, 0.2) is 53.0 Å². The molecule has 3 aromatic rings. The Labute approximate surface area is 198 Å². The van der Waals surface area contributed by atoms with Crippen LogP contribution in [0, 0.1) is 0 Å². The molecule has 1 aliphatic rings. The lowest BCUT2D eigenvalue weighted by Crippen LogP contribution is -2.35. The number of anilines is 2. The van der Waals surface area contributed by atoms with Gasteiger partial charge < -0.3 is 10.2 Å². The van der Waals surface area contributed by atoms with E-state index in [-0.39, 0.29) is 17.2 Å². The van der Waals surface area contributed by atoms with Gasteiger partial charge in [-0.05, 0) is 43.2 Å². The second-order valence-corrected chi connectivity index (χ2v) is 10.9. The van der Waals surface area contributed by atoms with Crippen LogP contribution < -0.4 is 10.2 Å². The van der Waals surface area contributed by atoms with Crippen molar-refractivity contribution in [3.05, 3.63) is 53.8 Å². The summed E-state index contributed by atoms with van der Waals surface area (Å²) in [5, 5.41) is 5.55. The molecule has 2 aromatic heterocycles. The Bertz CT molecular complexity index is 1220. The Morgan fingerprint density at radius 1 is 1.18 bits per heavy atom. The third-order valence-electron chi connectivity index (χ3n) is 5.48. The third kappa shape index (κ3) is 5.40. The van der Waals surface area contributed by atoms with Gasteiger partial charge in [0.15, 0.2) is 0 Å². The summed E-state index contributed by atoms with van der Waals surface area (Å²) in [6, 6.07) is 8.66. The second-order valence-electron chi connectivity index (χ2n) is 8.15. The van der Waals surface area contributed by atoms with Gasteiger partial charge in [-0.15, -0.1) is 11.3 Å². The molecule has 0 saturated carbocycles. The molecule has 3 heterocycles. The van der Waals surface area contributed by atoms with Gasteiger partial charge in [-0.3, -0.25) is 9.78 Å². The molecule has 1 aliphatic heterocycles. The van der Waals surface area contributed by atoms with Crippen molar-refractivity contribution < 1.29 is 13.2 Å². The predicted molar refractivity (Wildman–Crippen MR) is 131 cm³/mol. The topological polar surface area (TPSA) is 95.5 Å². The minimum atomic E-state index is -3.60. The van der Waals surface area contributed by atoms with Crippen LogP contribution in [-0.2, 0) is 21.2 Å².